The Morgan fingerprint density at radius 2 is 1.71 bits per heavy atom. The van der Waals surface area contributed by atoms with Gasteiger partial charge in [0, 0.05) is 12.2 Å². The van der Waals surface area contributed by atoms with Gasteiger partial charge in [0.1, 0.15) is 12.6 Å². The number of hydrogen-bond acceptors (Lipinski definition) is 3. The number of amides is 2. The van der Waals surface area contributed by atoms with Gasteiger partial charge in [0.05, 0.1) is 0 Å². The number of hydrogen-bond donors (Lipinski definition) is 1. The Bertz CT molecular complexity index is 688. The number of likely N-dealkylation sites (tertiary alicyclic amines) is 1. The first kappa shape index (κ1) is 16.1. The number of nitrogens with zero attached hydrogens (tertiary/aromatic N) is 1. The number of para-hydroxylation sites is 1. The zero-order valence-electron chi connectivity index (χ0n) is 13.4. The zero-order chi connectivity index (χ0) is 16.8. The van der Waals surface area contributed by atoms with Crippen molar-refractivity contribution in [2.45, 2.75) is 25.5 Å². The summed E-state index contributed by atoms with van der Waals surface area (Å²) in [6.45, 7) is 0.754. The number of anilines is 1. The van der Waals surface area contributed by atoms with Crippen LogP contribution in [0.2, 0.25) is 0 Å². The molecule has 0 bridgehead atoms. The first-order valence-corrected chi connectivity index (χ1v) is 8.07. The van der Waals surface area contributed by atoms with E-state index < -0.39 is 12.1 Å². The van der Waals surface area contributed by atoms with Crippen LogP contribution in [0.1, 0.15) is 18.4 Å². The normalized spacial score (nSPS) is 16.7. The van der Waals surface area contributed by atoms with Crippen molar-refractivity contribution < 1.29 is 14.3 Å². The van der Waals surface area contributed by atoms with Crippen LogP contribution in [0, 0.1) is 0 Å². The highest BCUT2D eigenvalue weighted by Gasteiger charge is 2.35. The molecular formula is C19H20N2O3. The van der Waals surface area contributed by atoms with Crippen LogP contribution in [-0.4, -0.2) is 29.5 Å². The number of carbonyl (C=O) groups excluding carboxylic acids is 2. The third kappa shape index (κ3) is 3.93. The van der Waals surface area contributed by atoms with Gasteiger partial charge >= 0.3 is 6.09 Å². The molecule has 0 aliphatic carbocycles. The fourth-order valence-electron chi connectivity index (χ4n) is 2.81. The Labute approximate surface area is 141 Å². The largest absolute Gasteiger partial charge is 0.445 e. The summed E-state index contributed by atoms with van der Waals surface area (Å²) in [6.07, 6.45) is 1.01. The van der Waals surface area contributed by atoms with Crippen LogP contribution in [-0.2, 0) is 16.1 Å². The molecule has 1 N–H and O–H groups in total. The molecule has 3 rings (SSSR count). The standard InChI is InChI=1S/C19H20N2O3/c22-18(20-16-10-5-2-6-11-16)17-12-7-13-21(17)19(23)24-14-15-8-3-1-4-9-15/h1-6,8-11,17H,7,12-14H2,(H,20,22)/t17-/m0/s1. The van der Waals surface area contributed by atoms with Crippen molar-refractivity contribution in [3.05, 3.63) is 66.2 Å². The summed E-state index contributed by atoms with van der Waals surface area (Å²) in [5.74, 6) is -0.171. The van der Waals surface area contributed by atoms with Crippen molar-refractivity contribution in [1.82, 2.24) is 4.90 Å². The third-order valence-electron chi connectivity index (χ3n) is 4.04. The molecule has 1 aliphatic heterocycles. The monoisotopic (exact) mass is 324 g/mol. The number of benzene rings is 2. The number of nitrogens with one attached hydrogen (secondary N) is 1. The van der Waals surface area contributed by atoms with Gasteiger partial charge < -0.3 is 10.1 Å². The quantitative estimate of drug-likeness (QED) is 0.937. The van der Waals surface area contributed by atoms with Gasteiger partial charge in [-0.15, -0.1) is 0 Å². The maximum atomic E-state index is 12.4. The van der Waals surface area contributed by atoms with Crippen LogP contribution in [0.3, 0.4) is 0 Å². The molecule has 2 aromatic carbocycles. The minimum absolute atomic E-state index is 0.171. The lowest BCUT2D eigenvalue weighted by atomic mass is 10.2. The molecule has 1 fully saturated rings. The van der Waals surface area contributed by atoms with Gasteiger partial charge in [0.15, 0.2) is 0 Å². The highest BCUT2D eigenvalue weighted by atomic mass is 16.6. The lowest BCUT2D eigenvalue weighted by Gasteiger charge is -2.23. The van der Waals surface area contributed by atoms with E-state index in [1.165, 1.54) is 4.90 Å². The van der Waals surface area contributed by atoms with Crippen molar-refractivity contribution >= 4 is 17.7 Å². The number of carbonyl (C=O) groups is 2. The molecule has 2 amide bonds. The van der Waals surface area contributed by atoms with Crippen molar-refractivity contribution in [2.24, 2.45) is 0 Å². The lowest BCUT2D eigenvalue weighted by Crippen LogP contribution is -2.43. The molecule has 1 saturated heterocycles. The first-order chi connectivity index (χ1) is 11.7. The molecule has 1 heterocycles. The SMILES string of the molecule is O=C(Nc1ccccc1)[C@@H]1CCCN1C(=O)OCc1ccccc1. The molecule has 0 aromatic heterocycles. The smallest absolute Gasteiger partial charge is 0.410 e. The third-order valence-corrected chi connectivity index (χ3v) is 4.04. The minimum atomic E-state index is -0.478. The van der Waals surface area contributed by atoms with Crippen molar-refractivity contribution in [3.63, 3.8) is 0 Å². The Balaban J connectivity index is 1.58. The lowest BCUT2D eigenvalue weighted by molar-refractivity contribution is -0.120. The maximum Gasteiger partial charge on any atom is 0.410 e. The Hall–Kier alpha value is -2.82. The summed E-state index contributed by atoms with van der Waals surface area (Å²) in [5.41, 5.74) is 1.65. The van der Waals surface area contributed by atoms with Gasteiger partial charge in [-0.25, -0.2) is 4.79 Å². The van der Waals surface area contributed by atoms with Crippen LogP contribution in [0.15, 0.2) is 60.7 Å². The van der Waals surface area contributed by atoms with Gasteiger partial charge in [-0.05, 0) is 30.5 Å². The maximum absolute atomic E-state index is 12.4. The topological polar surface area (TPSA) is 58.6 Å². The summed E-state index contributed by atoms with van der Waals surface area (Å²) >= 11 is 0. The van der Waals surface area contributed by atoms with Crippen LogP contribution in [0.4, 0.5) is 10.5 Å². The Kier molecular flexibility index (Phi) is 5.11. The molecule has 24 heavy (non-hydrogen) atoms. The van der Waals surface area contributed by atoms with Crippen LogP contribution < -0.4 is 5.32 Å². The van der Waals surface area contributed by atoms with Gasteiger partial charge in [0.25, 0.3) is 0 Å². The van der Waals surface area contributed by atoms with E-state index in [1.54, 1.807) is 0 Å². The molecular weight excluding hydrogens is 304 g/mol. The summed E-state index contributed by atoms with van der Waals surface area (Å²) < 4.78 is 5.35. The number of rotatable bonds is 4. The Morgan fingerprint density at radius 3 is 2.42 bits per heavy atom. The van der Waals surface area contributed by atoms with Crippen molar-refractivity contribution in [3.8, 4) is 0 Å². The average Bonchev–Trinajstić information content (AvgIpc) is 3.11. The zero-order valence-corrected chi connectivity index (χ0v) is 13.4. The second kappa shape index (κ2) is 7.64. The fourth-order valence-corrected chi connectivity index (χ4v) is 2.81. The van der Waals surface area contributed by atoms with E-state index in [0.29, 0.717) is 13.0 Å². The van der Waals surface area contributed by atoms with Gasteiger partial charge in [0.2, 0.25) is 5.91 Å². The summed E-state index contributed by atoms with van der Waals surface area (Å²) in [4.78, 5) is 26.3. The molecule has 124 valence electrons. The molecule has 2 aromatic rings. The van der Waals surface area contributed by atoms with E-state index in [2.05, 4.69) is 5.32 Å². The average molecular weight is 324 g/mol. The second-order valence-corrected chi connectivity index (χ2v) is 5.75. The fraction of sp³-hybridized carbons (Fsp3) is 0.263. The molecule has 0 saturated carbocycles. The molecule has 5 nitrogen and oxygen atoms in total. The van der Waals surface area contributed by atoms with E-state index >= 15 is 0 Å². The first-order valence-electron chi connectivity index (χ1n) is 8.07. The second-order valence-electron chi connectivity index (χ2n) is 5.75. The molecule has 1 atom stereocenters. The van der Waals surface area contributed by atoms with Crippen LogP contribution in [0.25, 0.3) is 0 Å². The number of ether oxygens (including phenoxy) is 1. The van der Waals surface area contributed by atoms with Gasteiger partial charge in [-0.1, -0.05) is 48.5 Å². The highest BCUT2D eigenvalue weighted by molar-refractivity contribution is 5.96. The highest BCUT2D eigenvalue weighted by Crippen LogP contribution is 2.20. The molecule has 0 unspecified atom stereocenters. The van der Waals surface area contributed by atoms with Gasteiger partial charge in [-0.3, -0.25) is 9.69 Å². The van der Waals surface area contributed by atoms with Crippen molar-refractivity contribution in [1.29, 1.82) is 0 Å². The predicted octanol–water partition coefficient (Wildman–Crippen LogP) is 3.43. The van der Waals surface area contributed by atoms with E-state index in [0.717, 1.165) is 17.7 Å². The molecule has 1 aliphatic rings. The minimum Gasteiger partial charge on any atom is -0.445 e. The van der Waals surface area contributed by atoms with Crippen molar-refractivity contribution in [2.75, 3.05) is 11.9 Å². The van der Waals surface area contributed by atoms with Crippen LogP contribution >= 0.6 is 0 Å². The predicted molar refractivity (Wildman–Crippen MR) is 91.4 cm³/mol. The van der Waals surface area contributed by atoms with E-state index in [4.69, 9.17) is 4.74 Å². The summed E-state index contributed by atoms with van der Waals surface area (Å²) in [7, 11) is 0. The molecule has 0 radical (unpaired) electrons. The summed E-state index contributed by atoms with van der Waals surface area (Å²) in [5, 5.41) is 2.85. The van der Waals surface area contributed by atoms with E-state index in [1.807, 2.05) is 60.7 Å². The van der Waals surface area contributed by atoms with Crippen LogP contribution in [0.5, 0.6) is 0 Å². The Morgan fingerprint density at radius 1 is 1.04 bits per heavy atom. The molecule has 0 spiro atoms. The van der Waals surface area contributed by atoms with Gasteiger partial charge in [-0.2, -0.15) is 0 Å². The molecule has 5 heteroatoms. The van der Waals surface area contributed by atoms with E-state index in [9.17, 15) is 9.59 Å². The summed E-state index contributed by atoms with van der Waals surface area (Å²) in [6, 6.07) is 18.3. The van der Waals surface area contributed by atoms with E-state index in [-0.39, 0.29) is 12.5 Å².